The number of hydrogen-bond acceptors (Lipinski definition) is 4. The van der Waals surface area contributed by atoms with Gasteiger partial charge in [0, 0.05) is 19.6 Å². The number of methoxy groups -OCH3 is 1. The van der Waals surface area contributed by atoms with Crippen LogP contribution in [0, 0.1) is 17.8 Å². The summed E-state index contributed by atoms with van der Waals surface area (Å²) >= 11 is 0. The van der Waals surface area contributed by atoms with Crippen molar-refractivity contribution < 1.29 is 14.3 Å². The fraction of sp³-hybridized carbons (Fsp3) is 0.875. The van der Waals surface area contributed by atoms with Crippen LogP contribution in [0.2, 0.25) is 0 Å². The van der Waals surface area contributed by atoms with Gasteiger partial charge in [-0.3, -0.25) is 14.5 Å². The van der Waals surface area contributed by atoms with Gasteiger partial charge in [0.15, 0.2) is 0 Å². The Labute approximate surface area is 127 Å². The topological polar surface area (TPSA) is 49.9 Å². The Bertz CT molecular complexity index is 376. The Morgan fingerprint density at radius 3 is 2.43 bits per heavy atom. The number of carbonyl (C=O) groups excluding carboxylic acids is 2. The van der Waals surface area contributed by atoms with Gasteiger partial charge in [-0.25, -0.2) is 0 Å². The summed E-state index contributed by atoms with van der Waals surface area (Å²) in [7, 11) is 1.43. The average molecular weight is 296 g/mol. The van der Waals surface area contributed by atoms with Crippen LogP contribution in [0.15, 0.2) is 0 Å². The number of piperidine rings is 2. The highest BCUT2D eigenvalue weighted by Crippen LogP contribution is 2.22. The number of likely N-dealkylation sites (tertiary alicyclic amines) is 2. The molecule has 5 nitrogen and oxygen atoms in total. The number of amides is 1. The summed E-state index contributed by atoms with van der Waals surface area (Å²) in [6.45, 7) is 8.16. The van der Waals surface area contributed by atoms with Crippen molar-refractivity contribution in [2.75, 3.05) is 39.8 Å². The quantitative estimate of drug-likeness (QED) is 0.738. The van der Waals surface area contributed by atoms with Crippen molar-refractivity contribution in [1.82, 2.24) is 9.80 Å². The van der Waals surface area contributed by atoms with E-state index in [2.05, 4.69) is 18.7 Å². The molecule has 1 amide bonds. The molecule has 2 aliphatic heterocycles. The monoisotopic (exact) mass is 296 g/mol. The summed E-state index contributed by atoms with van der Waals surface area (Å²) in [6.07, 6.45) is 3.03. The first-order valence-electron chi connectivity index (χ1n) is 8.07. The zero-order chi connectivity index (χ0) is 15.4. The summed E-state index contributed by atoms with van der Waals surface area (Å²) < 4.78 is 4.83. The number of carbonyl (C=O) groups is 2. The Morgan fingerprint density at radius 2 is 1.81 bits per heavy atom. The maximum atomic E-state index is 12.5. The Morgan fingerprint density at radius 1 is 1.14 bits per heavy atom. The smallest absolute Gasteiger partial charge is 0.309 e. The van der Waals surface area contributed by atoms with E-state index >= 15 is 0 Å². The molecule has 2 fully saturated rings. The van der Waals surface area contributed by atoms with Crippen LogP contribution in [-0.2, 0) is 14.3 Å². The molecule has 0 radical (unpaired) electrons. The third kappa shape index (κ3) is 4.43. The van der Waals surface area contributed by atoms with Crippen molar-refractivity contribution in [3.63, 3.8) is 0 Å². The van der Waals surface area contributed by atoms with E-state index in [9.17, 15) is 9.59 Å². The van der Waals surface area contributed by atoms with E-state index in [4.69, 9.17) is 4.74 Å². The zero-order valence-corrected chi connectivity index (χ0v) is 13.5. The third-order valence-electron chi connectivity index (χ3n) is 4.62. The van der Waals surface area contributed by atoms with Crippen LogP contribution in [0.25, 0.3) is 0 Å². The number of esters is 1. The lowest BCUT2D eigenvalue weighted by Crippen LogP contribution is -2.49. The molecule has 0 aromatic carbocycles. The van der Waals surface area contributed by atoms with Crippen LogP contribution in [0.1, 0.15) is 33.1 Å². The van der Waals surface area contributed by atoms with Crippen molar-refractivity contribution in [2.45, 2.75) is 33.1 Å². The van der Waals surface area contributed by atoms with Gasteiger partial charge in [0.2, 0.25) is 5.91 Å². The lowest BCUT2D eigenvalue weighted by Gasteiger charge is -2.37. The van der Waals surface area contributed by atoms with Gasteiger partial charge < -0.3 is 9.64 Å². The molecule has 21 heavy (non-hydrogen) atoms. The van der Waals surface area contributed by atoms with E-state index in [1.54, 1.807) is 0 Å². The first kappa shape index (κ1) is 16.3. The molecule has 2 heterocycles. The van der Waals surface area contributed by atoms with Crippen LogP contribution >= 0.6 is 0 Å². The molecular formula is C16H28N2O3. The first-order chi connectivity index (χ1) is 9.99. The molecule has 0 spiro atoms. The zero-order valence-electron chi connectivity index (χ0n) is 13.5. The SMILES string of the molecule is COC(=O)[C@H]1CCCN(CC(=O)N2CC(C)CC(C)C2)C1. The predicted molar refractivity (Wildman–Crippen MR) is 80.7 cm³/mol. The lowest BCUT2D eigenvalue weighted by atomic mass is 9.92. The summed E-state index contributed by atoms with van der Waals surface area (Å²) in [5.41, 5.74) is 0. The molecule has 5 heteroatoms. The lowest BCUT2D eigenvalue weighted by molar-refractivity contribution is -0.148. The molecule has 0 aliphatic carbocycles. The van der Waals surface area contributed by atoms with Crippen LogP contribution in [0.5, 0.6) is 0 Å². The van der Waals surface area contributed by atoms with Gasteiger partial charge in [-0.1, -0.05) is 13.8 Å². The molecular weight excluding hydrogens is 268 g/mol. The maximum Gasteiger partial charge on any atom is 0.309 e. The van der Waals surface area contributed by atoms with Gasteiger partial charge in [-0.05, 0) is 37.6 Å². The van der Waals surface area contributed by atoms with Gasteiger partial charge >= 0.3 is 5.97 Å². The van der Waals surface area contributed by atoms with Crippen molar-refractivity contribution >= 4 is 11.9 Å². The van der Waals surface area contributed by atoms with Gasteiger partial charge in [0.1, 0.15) is 0 Å². The molecule has 0 aromatic rings. The van der Waals surface area contributed by atoms with Crippen molar-refractivity contribution in [3.05, 3.63) is 0 Å². The number of ether oxygens (including phenoxy) is 1. The molecule has 2 saturated heterocycles. The summed E-state index contributed by atoms with van der Waals surface area (Å²) in [6, 6.07) is 0. The summed E-state index contributed by atoms with van der Waals surface area (Å²) in [5, 5.41) is 0. The van der Waals surface area contributed by atoms with E-state index in [0.717, 1.165) is 32.5 Å². The molecule has 0 aromatic heterocycles. The largest absolute Gasteiger partial charge is 0.469 e. The standard InChI is InChI=1S/C16H28N2O3/c1-12-7-13(2)9-18(8-12)15(19)11-17-6-4-5-14(10-17)16(20)21-3/h12-14H,4-11H2,1-3H3/t12?,13?,14-/m0/s1. The number of hydrogen-bond donors (Lipinski definition) is 0. The van der Waals surface area contributed by atoms with E-state index in [-0.39, 0.29) is 17.8 Å². The second kappa shape index (κ2) is 7.25. The van der Waals surface area contributed by atoms with Gasteiger partial charge in [-0.15, -0.1) is 0 Å². The highest BCUT2D eigenvalue weighted by Gasteiger charge is 2.30. The second-order valence-electron chi connectivity index (χ2n) is 6.84. The normalized spacial score (nSPS) is 31.0. The number of rotatable bonds is 3. The highest BCUT2D eigenvalue weighted by molar-refractivity contribution is 5.78. The fourth-order valence-electron chi connectivity index (χ4n) is 3.72. The van der Waals surface area contributed by atoms with Crippen LogP contribution in [-0.4, -0.2) is 61.5 Å². The van der Waals surface area contributed by atoms with Crippen molar-refractivity contribution in [2.24, 2.45) is 17.8 Å². The molecule has 0 bridgehead atoms. The highest BCUT2D eigenvalue weighted by atomic mass is 16.5. The van der Waals surface area contributed by atoms with Crippen LogP contribution < -0.4 is 0 Å². The van der Waals surface area contributed by atoms with Gasteiger partial charge in [0.25, 0.3) is 0 Å². The molecule has 2 rings (SSSR count). The molecule has 3 atom stereocenters. The second-order valence-corrected chi connectivity index (χ2v) is 6.84. The molecule has 120 valence electrons. The van der Waals surface area contributed by atoms with Crippen molar-refractivity contribution in [1.29, 1.82) is 0 Å². The van der Waals surface area contributed by atoms with E-state index < -0.39 is 0 Å². The van der Waals surface area contributed by atoms with Gasteiger partial charge in [-0.2, -0.15) is 0 Å². The van der Waals surface area contributed by atoms with Crippen LogP contribution in [0.4, 0.5) is 0 Å². The maximum absolute atomic E-state index is 12.5. The molecule has 2 aliphatic rings. The summed E-state index contributed by atoms with van der Waals surface area (Å²) in [5.74, 6) is 1.16. The fourth-order valence-corrected chi connectivity index (χ4v) is 3.72. The minimum atomic E-state index is -0.146. The Hall–Kier alpha value is -1.10. The van der Waals surface area contributed by atoms with E-state index in [1.807, 2.05) is 4.90 Å². The predicted octanol–water partition coefficient (Wildman–Crippen LogP) is 1.38. The Kier molecular flexibility index (Phi) is 5.62. The van der Waals surface area contributed by atoms with Crippen molar-refractivity contribution in [3.8, 4) is 0 Å². The molecule has 0 N–H and O–H groups in total. The van der Waals surface area contributed by atoms with Crippen LogP contribution in [0.3, 0.4) is 0 Å². The third-order valence-corrected chi connectivity index (χ3v) is 4.62. The van der Waals surface area contributed by atoms with E-state index in [1.165, 1.54) is 13.5 Å². The molecule has 0 saturated carbocycles. The van der Waals surface area contributed by atoms with E-state index in [0.29, 0.717) is 24.9 Å². The minimum Gasteiger partial charge on any atom is -0.469 e. The van der Waals surface area contributed by atoms with Gasteiger partial charge in [0.05, 0.1) is 19.6 Å². The summed E-state index contributed by atoms with van der Waals surface area (Å²) in [4.78, 5) is 28.2. The molecule has 2 unspecified atom stereocenters. The number of nitrogens with zero attached hydrogens (tertiary/aromatic N) is 2. The average Bonchev–Trinajstić information content (AvgIpc) is 2.45. The minimum absolute atomic E-state index is 0.0734. The first-order valence-corrected chi connectivity index (χ1v) is 8.07. The Balaban J connectivity index is 1.85.